The van der Waals surface area contributed by atoms with Gasteiger partial charge in [-0.15, -0.1) is 0 Å². The lowest BCUT2D eigenvalue weighted by Crippen LogP contribution is -2.50. The molecule has 2 fully saturated rings. The average molecular weight is 526 g/mol. The van der Waals surface area contributed by atoms with E-state index in [-0.39, 0.29) is 12.0 Å². The first-order valence-corrected chi connectivity index (χ1v) is 14.4. The van der Waals surface area contributed by atoms with E-state index >= 15 is 0 Å². The molecule has 2 saturated heterocycles. The highest BCUT2D eigenvalue weighted by Crippen LogP contribution is 2.27. The molecule has 4 heterocycles. The predicted octanol–water partition coefficient (Wildman–Crippen LogP) is 0.785. The number of morpholine rings is 1. The lowest BCUT2D eigenvalue weighted by molar-refractivity contribution is -0.128. The summed E-state index contributed by atoms with van der Waals surface area (Å²) in [6, 6.07) is 10.1. The molecule has 1 aromatic carbocycles. The number of anilines is 2. The van der Waals surface area contributed by atoms with Crippen molar-refractivity contribution >= 4 is 38.3 Å². The lowest BCUT2D eigenvalue weighted by Gasteiger charge is -2.36. The number of sulfone groups is 1. The Morgan fingerprint density at radius 1 is 1.14 bits per heavy atom. The number of carbonyl (C=O) groups is 1. The van der Waals surface area contributed by atoms with Crippen LogP contribution in [0, 0.1) is 0 Å². The van der Waals surface area contributed by atoms with Crippen molar-refractivity contribution in [1.82, 2.24) is 25.2 Å². The van der Waals surface area contributed by atoms with Crippen molar-refractivity contribution in [3.8, 4) is 11.3 Å². The first-order valence-electron chi connectivity index (χ1n) is 12.3. The van der Waals surface area contributed by atoms with Crippen molar-refractivity contribution in [1.29, 1.82) is 0 Å². The van der Waals surface area contributed by atoms with E-state index in [4.69, 9.17) is 9.72 Å². The van der Waals surface area contributed by atoms with Gasteiger partial charge in [-0.2, -0.15) is 0 Å². The Kier molecular flexibility index (Phi) is 7.49. The zero-order chi connectivity index (χ0) is 25.8. The van der Waals surface area contributed by atoms with Crippen molar-refractivity contribution < 1.29 is 17.9 Å². The van der Waals surface area contributed by atoms with E-state index in [0.29, 0.717) is 45.1 Å². The van der Waals surface area contributed by atoms with Crippen molar-refractivity contribution in [3.63, 3.8) is 0 Å². The summed E-state index contributed by atoms with van der Waals surface area (Å²) in [6.07, 6.45) is 4.48. The molecule has 0 spiro atoms. The molecule has 1 amide bonds. The minimum atomic E-state index is -3.33. The van der Waals surface area contributed by atoms with Gasteiger partial charge in [0, 0.05) is 75.7 Å². The Labute approximate surface area is 216 Å². The maximum atomic E-state index is 12.2. The Morgan fingerprint density at radius 2 is 1.89 bits per heavy atom. The van der Waals surface area contributed by atoms with E-state index in [1.165, 1.54) is 0 Å². The van der Waals surface area contributed by atoms with Crippen LogP contribution in [-0.4, -0.2) is 105 Å². The highest BCUT2D eigenvalue weighted by molar-refractivity contribution is 7.91. The Bertz CT molecular complexity index is 1350. The Morgan fingerprint density at radius 3 is 2.59 bits per heavy atom. The molecule has 0 aliphatic carbocycles. The molecule has 3 aromatic rings. The summed E-state index contributed by atoms with van der Waals surface area (Å²) in [5, 5.41) is 6.73. The third-order valence-electron chi connectivity index (χ3n) is 6.50. The topological polar surface area (TPSA) is 130 Å². The van der Waals surface area contributed by atoms with E-state index in [9.17, 15) is 13.2 Å². The average Bonchev–Trinajstić information content (AvgIpc) is 2.91. The number of nitrogens with zero attached hydrogens (tertiary/aromatic N) is 5. The second-order valence-electron chi connectivity index (χ2n) is 9.34. The van der Waals surface area contributed by atoms with Gasteiger partial charge < -0.3 is 25.2 Å². The molecule has 0 bridgehead atoms. The number of benzene rings is 1. The number of aromatic nitrogens is 3. The second kappa shape index (κ2) is 11.0. The van der Waals surface area contributed by atoms with Crippen LogP contribution in [0.4, 0.5) is 11.5 Å². The normalized spacial score (nSPS) is 18.7. The van der Waals surface area contributed by atoms with Crippen LogP contribution < -0.4 is 15.5 Å². The summed E-state index contributed by atoms with van der Waals surface area (Å²) < 4.78 is 28.7. The number of pyridine rings is 1. The monoisotopic (exact) mass is 525 g/mol. The van der Waals surface area contributed by atoms with Gasteiger partial charge in [0.1, 0.15) is 11.3 Å². The van der Waals surface area contributed by atoms with Gasteiger partial charge in [0.2, 0.25) is 5.91 Å². The van der Waals surface area contributed by atoms with Gasteiger partial charge in [-0.05, 0) is 18.2 Å². The van der Waals surface area contributed by atoms with Crippen LogP contribution in [0.2, 0.25) is 0 Å². The van der Waals surface area contributed by atoms with Gasteiger partial charge in [-0.3, -0.25) is 9.78 Å². The van der Waals surface area contributed by atoms with Gasteiger partial charge in [0.05, 0.1) is 23.9 Å². The maximum absolute atomic E-state index is 12.2. The number of rotatable bonds is 7. The summed E-state index contributed by atoms with van der Waals surface area (Å²) in [6.45, 7) is 5.25. The molecule has 37 heavy (non-hydrogen) atoms. The SMILES string of the molecule is CS(=O)(=O)CC(=O)N1CCN(c2ccc(-c3cc4nccnc4c(NCC4CNCCO4)n3)cc2)CC1. The van der Waals surface area contributed by atoms with E-state index in [1.807, 2.05) is 30.3 Å². The number of nitrogens with one attached hydrogen (secondary N) is 2. The quantitative estimate of drug-likeness (QED) is 0.457. The van der Waals surface area contributed by atoms with E-state index in [1.54, 1.807) is 17.3 Å². The van der Waals surface area contributed by atoms with Crippen LogP contribution in [0.5, 0.6) is 0 Å². The zero-order valence-corrected chi connectivity index (χ0v) is 21.6. The number of hydrogen-bond acceptors (Lipinski definition) is 10. The van der Waals surface area contributed by atoms with Crippen molar-refractivity contribution in [2.75, 3.05) is 74.6 Å². The standard InChI is InChI=1S/C25H31N7O4S/c1-37(34,35)17-23(33)32-11-9-31(10-12-32)19-4-2-18(3-5-19)21-14-22-24(28-7-6-27-22)25(30-21)29-16-20-15-26-8-13-36-20/h2-7,14,20,26H,8-13,15-17H2,1H3,(H,29,30). The molecule has 0 radical (unpaired) electrons. The molecule has 2 aliphatic rings. The lowest BCUT2D eigenvalue weighted by atomic mass is 10.1. The maximum Gasteiger partial charge on any atom is 0.237 e. The van der Waals surface area contributed by atoms with Crippen LogP contribution in [0.25, 0.3) is 22.3 Å². The largest absolute Gasteiger partial charge is 0.374 e. The second-order valence-corrected chi connectivity index (χ2v) is 11.5. The number of fused-ring (bicyclic) bond motifs is 1. The minimum Gasteiger partial charge on any atom is -0.374 e. The van der Waals surface area contributed by atoms with Gasteiger partial charge in [0.15, 0.2) is 15.7 Å². The fourth-order valence-electron chi connectivity index (χ4n) is 4.58. The summed E-state index contributed by atoms with van der Waals surface area (Å²) >= 11 is 0. The fourth-order valence-corrected chi connectivity index (χ4v) is 5.21. The smallest absolute Gasteiger partial charge is 0.237 e. The molecule has 2 aromatic heterocycles. The van der Waals surface area contributed by atoms with E-state index < -0.39 is 15.6 Å². The predicted molar refractivity (Wildman–Crippen MR) is 142 cm³/mol. The fraction of sp³-hybridized carbons (Fsp3) is 0.440. The molecule has 11 nitrogen and oxygen atoms in total. The summed E-state index contributed by atoms with van der Waals surface area (Å²) in [7, 11) is -3.33. The van der Waals surface area contributed by atoms with Crippen LogP contribution in [0.15, 0.2) is 42.7 Å². The molecule has 2 N–H and O–H groups in total. The van der Waals surface area contributed by atoms with Crippen LogP contribution in [0.1, 0.15) is 0 Å². The van der Waals surface area contributed by atoms with Gasteiger partial charge >= 0.3 is 0 Å². The van der Waals surface area contributed by atoms with Crippen LogP contribution in [-0.2, 0) is 19.4 Å². The Balaban J connectivity index is 1.28. The van der Waals surface area contributed by atoms with Crippen LogP contribution in [0.3, 0.4) is 0 Å². The number of amides is 1. The van der Waals surface area contributed by atoms with Gasteiger partial charge in [-0.1, -0.05) is 12.1 Å². The number of hydrogen-bond donors (Lipinski definition) is 2. The van der Waals surface area contributed by atoms with Gasteiger partial charge in [-0.25, -0.2) is 18.4 Å². The molecular formula is C25H31N7O4S. The number of ether oxygens (including phenoxy) is 1. The molecule has 5 rings (SSSR count). The molecule has 0 saturated carbocycles. The zero-order valence-electron chi connectivity index (χ0n) is 20.8. The third-order valence-corrected chi connectivity index (χ3v) is 7.28. The summed E-state index contributed by atoms with van der Waals surface area (Å²) in [5.41, 5.74) is 4.27. The summed E-state index contributed by atoms with van der Waals surface area (Å²) in [4.78, 5) is 29.9. The van der Waals surface area contributed by atoms with E-state index in [2.05, 4.69) is 25.5 Å². The van der Waals surface area contributed by atoms with Crippen LogP contribution >= 0.6 is 0 Å². The molecule has 1 atom stereocenters. The molecule has 196 valence electrons. The Hall–Kier alpha value is -3.35. The first kappa shape index (κ1) is 25.3. The number of piperazine rings is 1. The first-order chi connectivity index (χ1) is 17.9. The number of carbonyl (C=O) groups excluding carboxylic acids is 1. The molecule has 12 heteroatoms. The van der Waals surface area contributed by atoms with Gasteiger partial charge in [0.25, 0.3) is 0 Å². The highest BCUT2D eigenvalue weighted by Gasteiger charge is 2.24. The van der Waals surface area contributed by atoms with Crippen molar-refractivity contribution in [2.24, 2.45) is 0 Å². The highest BCUT2D eigenvalue weighted by atomic mass is 32.2. The van der Waals surface area contributed by atoms with E-state index in [0.717, 1.165) is 47.3 Å². The third kappa shape index (κ3) is 6.32. The molecular weight excluding hydrogens is 494 g/mol. The summed E-state index contributed by atoms with van der Waals surface area (Å²) in [5.74, 6) is -0.0980. The minimum absolute atomic E-state index is 0.0624. The van der Waals surface area contributed by atoms with Crippen molar-refractivity contribution in [2.45, 2.75) is 6.10 Å². The van der Waals surface area contributed by atoms with Crippen molar-refractivity contribution in [3.05, 3.63) is 42.7 Å². The molecule has 2 aliphatic heterocycles. The molecule has 1 unspecified atom stereocenters.